The number of nitrogens with zero attached hydrogens (tertiary/aromatic N) is 3. The van der Waals surface area contributed by atoms with E-state index in [9.17, 15) is 9.59 Å². The van der Waals surface area contributed by atoms with Gasteiger partial charge in [0.25, 0.3) is 11.8 Å². The van der Waals surface area contributed by atoms with Crippen molar-refractivity contribution in [3.05, 3.63) is 88.7 Å². The van der Waals surface area contributed by atoms with E-state index < -0.39 is 7.12 Å². The molecule has 43 heavy (non-hydrogen) atoms. The zero-order valence-corrected chi connectivity index (χ0v) is 26.3. The molecule has 3 aromatic rings. The van der Waals surface area contributed by atoms with Crippen LogP contribution in [0.1, 0.15) is 84.6 Å². The molecule has 226 valence electrons. The SMILES string of the molecule is CN(C)C(=O)c1ccc(CN2CCn3c(C(=O)NCc4ccc(B5OC(C)(C)C(C)(C)O5)cc4)ccc3C23CCC3)cc1. The van der Waals surface area contributed by atoms with Crippen LogP contribution in [0.4, 0.5) is 0 Å². The third-order valence-electron chi connectivity index (χ3n) is 10.0. The third kappa shape index (κ3) is 5.32. The topological polar surface area (TPSA) is 76.0 Å². The second-order valence-electron chi connectivity index (χ2n) is 13.5. The van der Waals surface area contributed by atoms with E-state index in [1.54, 1.807) is 19.0 Å². The van der Waals surface area contributed by atoms with Crippen LogP contribution in [-0.4, -0.2) is 65.1 Å². The van der Waals surface area contributed by atoms with Crippen molar-refractivity contribution in [1.82, 2.24) is 19.7 Å². The van der Waals surface area contributed by atoms with E-state index in [-0.39, 0.29) is 28.6 Å². The van der Waals surface area contributed by atoms with Gasteiger partial charge < -0.3 is 24.1 Å². The lowest BCUT2D eigenvalue weighted by molar-refractivity contribution is -0.0217. The summed E-state index contributed by atoms with van der Waals surface area (Å²) in [4.78, 5) is 29.8. The molecule has 1 N–H and O–H groups in total. The molecule has 0 unspecified atom stereocenters. The molecule has 0 radical (unpaired) electrons. The highest BCUT2D eigenvalue weighted by molar-refractivity contribution is 6.62. The zero-order chi connectivity index (χ0) is 30.6. The molecular weight excluding hydrogens is 539 g/mol. The average molecular weight is 583 g/mol. The van der Waals surface area contributed by atoms with Crippen LogP contribution in [0.25, 0.3) is 0 Å². The van der Waals surface area contributed by atoms with Gasteiger partial charge in [-0.3, -0.25) is 14.5 Å². The standard InChI is InChI=1S/C34H43BN4O4/c1-32(2)33(3,4)43-35(42-32)27-14-10-24(11-15-27)22-36-30(40)28-16-17-29-34(18-7-19-34)38(20-21-39(28)29)23-25-8-12-26(13-9-25)31(41)37(5)6/h8-17H,7,18-23H2,1-6H3,(H,36,40). The molecule has 0 atom stereocenters. The zero-order valence-electron chi connectivity index (χ0n) is 26.3. The maximum atomic E-state index is 13.4. The summed E-state index contributed by atoms with van der Waals surface area (Å²) in [6, 6.07) is 20.2. The second kappa shape index (κ2) is 11.0. The van der Waals surface area contributed by atoms with Gasteiger partial charge in [-0.2, -0.15) is 0 Å². The van der Waals surface area contributed by atoms with Gasteiger partial charge in [0.2, 0.25) is 0 Å². The Balaban J connectivity index is 1.10. The van der Waals surface area contributed by atoms with Crippen LogP contribution >= 0.6 is 0 Å². The highest BCUT2D eigenvalue weighted by Gasteiger charge is 2.52. The Hall–Kier alpha value is -3.40. The first kappa shape index (κ1) is 29.7. The lowest BCUT2D eigenvalue weighted by atomic mass is 9.71. The van der Waals surface area contributed by atoms with Gasteiger partial charge in [0, 0.05) is 51.5 Å². The highest BCUT2D eigenvalue weighted by Crippen LogP contribution is 2.49. The van der Waals surface area contributed by atoms with Gasteiger partial charge in [-0.15, -0.1) is 0 Å². The Morgan fingerprint density at radius 3 is 2.07 bits per heavy atom. The number of carbonyl (C=O) groups excluding carboxylic acids is 2. The van der Waals surface area contributed by atoms with Crippen LogP contribution in [0.5, 0.6) is 0 Å². The van der Waals surface area contributed by atoms with Gasteiger partial charge in [0.15, 0.2) is 0 Å². The Labute approximate surface area is 255 Å². The molecule has 2 fully saturated rings. The van der Waals surface area contributed by atoms with Crippen molar-refractivity contribution >= 4 is 24.4 Å². The third-order valence-corrected chi connectivity index (χ3v) is 10.0. The van der Waals surface area contributed by atoms with Gasteiger partial charge in [-0.1, -0.05) is 36.4 Å². The quantitative estimate of drug-likeness (QED) is 0.421. The van der Waals surface area contributed by atoms with Crippen LogP contribution < -0.4 is 10.8 Å². The summed E-state index contributed by atoms with van der Waals surface area (Å²) in [6.45, 7) is 11.1. The molecule has 1 spiro atoms. The number of hydrogen-bond donors (Lipinski definition) is 1. The van der Waals surface area contributed by atoms with E-state index in [1.807, 2.05) is 42.5 Å². The predicted octanol–water partition coefficient (Wildman–Crippen LogP) is 4.31. The Morgan fingerprint density at radius 1 is 0.860 bits per heavy atom. The maximum absolute atomic E-state index is 13.4. The Kier molecular flexibility index (Phi) is 7.56. The van der Waals surface area contributed by atoms with E-state index in [1.165, 1.54) is 17.7 Å². The van der Waals surface area contributed by atoms with Crippen LogP contribution in [-0.2, 0) is 34.5 Å². The van der Waals surface area contributed by atoms with Crippen LogP contribution in [0.2, 0.25) is 0 Å². The molecule has 1 aliphatic carbocycles. The molecular formula is C34H43BN4O4. The van der Waals surface area contributed by atoms with Crippen LogP contribution in [0.15, 0.2) is 60.7 Å². The normalized spacial score (nSPS) is 20.0. The maximum Gasteiger partial charge on any atom is 0.494 e. The van der Waals surface area contributed by atoms with E-state index in [0.29, 0.717) is 12.1 Å². The number of amides is 2. The fraction of sp³-hybridized carbons (Fsp3) is 0.471. The van der Waals surface area contributed by atoms with Gasteiger partial charge in [0.1, 0.15) is 5.69 Å². The minimum Gasteiger partial charge on any atom is -0.399 e. The fourth-order valence-corrected chi connectivity index (χ4v) is 6.50. The van der Waals surface area contributed by atoms with Gasteiger partial charge in [-0.25, -0.2) is 0 Å². The first-order chi connectivity index (χ1) is 20.4. The highest BCUT2D eigenvalue weighted by atomic mass is 16.7. The summed E-state index contributed by atoms with van der Waals surface area (Å²) in [5, 5.41) is 3.14. The number of hydrogen-bond acceptors (Lipinski definition) is 5. The number of carbonyl (C=O) groups is 2. The smallest absolute Gasteiger partial charge is 0.399 e. The summed E-state index contributed by atoms with van der Waals surface area (Å²) < 4.78 is 14.6. The van der Waals surface area contributed by atoms with Crippen molar-refractivity contribution in [2.75, 3.05) is 20.6 Å². The van der Waals surface area contributed by atoms with Crippen LogP contribution in [0.3, 0.4) is 0 Å². The molecule has 3 heterocycles. The predicted molar refractivity (Wildman–Crippen MR) is 168 cm³/mol. The molecule has 9 heteroatoms. The number of benzene rings is 2. The monoisotopic (exact) mass is 582 g/mol. The van der Waals surface area contributed by atoms with E-state index in [4.69, 9.17) is 9.31 Å². The largest absolute Gasteiger partial charge is 0.494 e. The Bertz CT molecular complexity index is 1490. The molecule has 2 aliphatic heterocycles. The molecule has 2 aromatic carbocycles. The molecule has 2 amide bonds. The van der Waals surface area contributed by atoms with E-state index >= 15 is 0 Å². The van der Waals surface area contributed by atoms with Crippen molar-refractivity contribution in [3.63, 3.8) is 0 Å². The average Bonchev–Trinajstić information content (AvgIpc) is 3.48. The van der Waals surface area contributed by atoms with Crippen molar-refractivity contribution < 1.29 is 18.9 Å². The van der Waals surface area contributed by atoms with Crippen LogP contribution in [0, 0.1) is 0 Å². The van der Waals surface area contributed by atoms with Crippen molar-refractivity contribution in [3.8, 4) is 0 Å². The summed E-state index contributed by atoms with van der Waals surface area (Å²) in [7, 11) is 3.15. The van der Waals surface area contributed by atoms with E-state index in [2.05, 4.69) is 60.7 Å². The van der Waals surface area contributed by atoms with Crippen molar-refractivity contribution in [2.24, 2.45) is 0 Å². The summed E-state index contributed by atoms with van der Waals surface area (Å²) in [5.41, 5.74) is 5.06. The fourth-order valence-electron chi connectivity index (χ4n) is 6.50. The Morgan fingerprint density at radius 2 is 1.49 bits per heavy atom. The van der Waals surface area contributed by atoms with Gasteiger partial charge in [0.05, 0.1) is 16.7 Å². The molecule has 8 nitrogen and oxygen atoms in total. The second-order valence-corrected chi connectivity index (χ2v) is 13.5. The number of rotatable bonds is 7. The summed E-state index contributed by atoms with van der Waals surface area (Å²) in [5.74, 6) is -0.0347. The molecule has 1 aromatic heterocycles. The van der Waals surface area contributed by atoms with Crippen molar-refractivity contribution in [2.45, 2.75) is 83.3 Å². The molecule has 1 saturated heterocycles. The summed E-state index contributed by atoms with van der Waals surface area (Å²) in [6.07, 6.45) is 3.36. The van der Waals surface area contributed by atoms with Gasteiger partial charge >= 0.3 is 7.12 Å². The number of aromatic nitrogens is 1. The lowest BCUT2D eigenvalue weighted by Gasteiger charge is -2.53. The first-order valence-electron chi connectivity index (χ1n) is 15.4. The van der Waals surface area contributed by atoms with E-state index in [0.717, 1.165) is 49.2 Å². The number of fused-ring (bicyclic) bond motifs is 2. The molecule has 0 bridgehead atoms. The van der Waals surface area contributed by atoms with Crippen molar-refractivity contribution in [1.29, 1.82) is 0 Å². The van der Waals surface area contributed by atoms with Gasteiger partial charge in [-0.05, 0) is 87.8 Å². The minimum absolute atomic E-state index is 0.0159. The number of nitrogens with one attached hydrogen (secondary N) is 1. The minimum atomic E-state index is -0.397. The molecule has 6 rings (SSSR count). The lowest BCUT2D eigenvalue weighted by Crippen LogP contribution is -2.56. The molecule has 3 aliphatic rings. The first-order valence-corrected chi connectivity index (χ1v) is 15.4. The summed E-state index contributed by atoms with van der Waals surface area (Å²) >= 11 is 0. The molecule has 1 saturated carbocycles.